The maximum Gasteiger partial charge on any atom is 0.105 e. The van der Waals surface area contributed by atoms with Gasteiger partial charge < -0.3 is 14.5 Å². The van der Waals surface area contributed by atoms with Gasteiger partial charge in [-0.25, -0.2) is 0 Å². The fourth-order valence-corrected chi connectivity index (χ4v) is 2.14. The molecule has 0 saturated carbocycles. The first-order valence-electron chi connectivity index (χ1n) is 5.91. The Bertz CT molecular complexity index is 368. The van der Waals surface area contributed by atoms with Crippen LogP contribution in [0.5, 0.6) is 0 Å². The SMILES string of the molecule is CCNC(C1=COCCC1)c1ccoc1C. The molecule has 16 heavy (non-hydrogen) atoms. The summed E-state index contributed by atoms with van der Waals surface area (Å²) in [6, 6.07) is 2.28. The van der Waals surface area contributed by atoms with Crippen molar-refractivity contribution in [3.05, 3.63) is 35.5 Å². The van der Waals surface area contributed by atoms with E-state index >= 15 is 0 Å². The van der Waals surface area contributed by atoms with Crippen molar-refractivity contribution in [1.82, 2.24) is 5.32 Å². The molecule has 0 radical (unpaired) electrons. The zero-order chi connectivity index (χ0) is 11.4. The summed E-state index contributed by atoms with van der Waals surface area (Å²) in [4.78, 5) is 0. The molecule has 0 saturated heterocycles. The number of hydrogen-bond acceptors (Lipinski definition) is 3. The van der Waals surface area contributed by atoms with E-state index in [1.54, 1.807) is 6.26 Å². The summed E-state index contributed by atoms with van der Waals surface area (Å²) in [7, 11) is 0. The lowest BCUT2D eigenvalue weighted by atomic mass is 9.95. The van der Waals surface area contributed by atoms with Crippen molar-refractivity contribution in [2.45, 2.75) is 32.7 Å². The third-order valence-electron chi connectivity index (χ3n) is 2.95. The Labute approximate surface area is 96.5 Å². The van der Waals surface area contributed by atoms with Gasteiger partial charge in [-0.1, -0.05) is 6.92 Å². The second-order valence-corrected chi connectivity index (χ2v) is 4.09. The highest BCUT2D eigenvalue weighted by Gasteiger charge is 2.21. The summed E-state index contributed by atoms with van der Waals surface area (Å²) in [5.41, 5.74) is 2.54. The van der Waals surface area contributed by atoms with Crippen molar-refractivity contribution in [1.29, 1.82) is 0 Å². The number of ether oxygens (including phenoxy) is 1. The molecular formula is C13H19NO2. The molecule has 3 nitrogen and oxygen atoms in total. The van der Waals surface area contributed by atoms with Crippen LogP contribution >= 0.6 is 0 Å². The van der Waals surface area contributed by atoms with E-state index in [4.69, 9.17) is 9.15 Å². The molecule has 1 aliphatic rings. The Kier molecular flexibility index (Phi) is 3.67. The van der Waals surface area contributed by atoms with Crippen molar-refractivity contribution in [3.8, 4) is 0 Å². The van der Waals surface area contributed by atoms with Gasteiger partial charge >= 0.3 is 0 Å². The number of furan rings is 1. The monoisotopic (exact) mass is 221 g/mol. The first-order valence-corrected chi connectivity index (χ1v) is 5.91. The quantitative estimate of drug-likeness (QED) is 0.848. The minimum absolute atomic E-state index is 0.240. The molecule has 0 aromatic carbocycles. The Balaban J connectivity index is 2.23. The highest BCUT2D eigenvalue weighted by Crippen LogP contribution is 2.29. The Hall–Kier alpha value is -1.22. The fraction of sp³-hybridized carbons (Fsp3) is 0.538. The van der Waals surface area contributed by atoms with Gasteiger partial charge in [-0.2, -0.15) is 0 Å². The van der Waals surface area contributed by atoms with Gasteiger partial charge in [0.2, 0.25) is 0 Å². The molecule has 0 aliphatic carbocycles. The van der Waals surface area contributed by atoms with Gasteiger partial charge in [-0.3, -0.25) is 0 Å². The van der Waals surface area contributed by atoms with Crippen molar-refractivity contribution < 1.29 is 9.15 Å². The summed E-state index contributed by atoms with van der Waals surface area (Å²) < 4.78 is 10.8. The van der Waals surface area contributed by atoms with E-state index in [9.17, 15) is 0 Å². The summed E-state index contributed by atoms with van der Waals surface area (Å²) in [5, 5.41) is 3.49. The first-order chi connectivity index (χ1) is 7.83. The van der Waals surface area contributed by atoms with E-state index in [1.165, 1.54) is 11.1 Å². The van der Waals surface area contributed by atoms with Crippen molar-refractivity contribution in [3.63, 3.8) is 0 Å². The summed E-state index contributed by atoms with van der Waals surface area (Å²) in [6.45, 7) is 5.90. The largest absolute Gasteiger partial charge is 0.501 e. The highest BCUT2D eigenvalue weighted by atomic mass is 16.5. The Morgan fingerprint density at radius 3 is 2.94 bits per heavy atom. The van der Waals surface area contributed by atoms with Gasteiger partial charge in [0.1, 0.15) is 5.76 Å². The Morgan fingerprint density at radius 2 is 2.38 bits per heavy atom. The molecule has 1 unspecified atom stereocenters. The minimum Gasteiger partial charge on any atom is -0.501 e. The second-order valence-electron chi connectivity index (χ2n) is 4.09. The van der Waals surface area contributed by atoms with Crippen LogP contribution in [-0.4, -0.2) is 13.2 Å². The van der Waals surface area contributed by atoms with Crippen LogP contribution in [0.4, 0.5) is 0 Å². The summed E-state index contributed by atoms with van der Waals surface area (Å²) in [5.74, 6) is 0.984. The van der Waals surface area contributed by atoms with Crippen LogP contribution in [0.2, 0.25) is 0 Å². The predicted octanol–water partition coefficient (Wildman–Crippen LogP) is 2.93. The van der Waals surface area contributed by atoms with Crippen LogP contribution in [0.25, 0.3) is 0 Å². The van der Waals surface area contributed by atoms with E-state index in [0.717, 1.165) is 31.8 Å². The van der Waals surface area contributed by atoms with Gasteiger partial charge in [0.05, 0.1) is 25.2 Å². The molecule has 0 spiro atoms. The molecule has 0 fully saturated rings. The lowest BCUT2D eigenvalue weighted by molar-refractivity contribution is 0.219. The molecule has 2 rings (SSSR count). The fourth-order valence-electron chi connectivity index (χ4n) is 2.14. The zero-order valence-corrected chi connectivity index (χ0v) is 9.95. The summed E-state index contributed by atoms with van der Waals surface area (Å²) in [6.07, 6.45) is 5.86. The average Bonchev–Trinajstić information content (AvgIpc) is 2.73. The van der Waals surface area contributed by atoms with Crippen molar-refractivity contribution in [2.24, 2.45) is 0 Å². The molecular weight excluding hydrogens is 202 g/mol. The molecule has 1 aliphatic heterocycles. The maximum absolute atomic E-state index is 5.41. The number of nitrogens with one attached hydrogen (secondary N) is 1. The van der Waals surface area contributed by atoms with E-state index in [1.807, 2.05) is 19.3 Å². The van der Waals surface area contributed by atoms with Crippen molar-refractivity contribution in [2.75, 3.05) is 13.2 Å². The van der Waals surface area contributed by atoms with Crippen LogP contribution in [0.15, 0.2) is 28.6 Å². The smallest absolute Gasteiger partial charge is 0.105 e. The van der Waals surface area contributed by atoms with E-state index < -0.39 is 0 Å². The van der Waals surface area contributed by atoms with Gasteiger partial charge in [-0.15, -0.1) is 0 Å². The highest BCUT2D eigenvalue weighted by molar-refractivity contribution is 5.29. The molecule has 1 aromatic rings. The van der Waals surface area contributed by atoms with Gasteiger partial charge in [0.15, 0.2) is 0 Å². The minimum atomic E-state index is 0.240. The Morgan fingerprint density at radius 1 is 1.50 bits per heavy atom. The van der Waals surface area contributed by atoms with Crippen LogP contribution in [0.1, 0.15) is 37.1 Å². The van der Waals surface area contributed by atoms with Crippen molar-refractivity contribution >= 4 is 0 Å². The van der Waals surface area contributed by atoms with Crippen LogP contribution in [0, 0.1) is 6.92 Å². The normalized spacial score (nSPS) is 17.8. The zero-order valence-electron chi connectivity index (χ0n) is 9.95. The predicted molar refractivity (Wildman–Crippen MR) is 63.1 cm³/mol. The molecule has 0 bridgehead atoms. The topological polar surface area (TPSA) is 34.4 Å². The molecule has 3 heteroatoms. The van der Waals surface area contributed by atoms with Gasteiger partial charge in [0.25, 0.3) is 0 Å². The first kappa shape index (κ1) is 11.3. The van der Waals surface area contributed by atoms with E-state index in [0.29, 0.717) is 0 Å². The molecule has 88 valence electrons. The standard InChI is InChI=1S/C13H19NO2/c1-3-14-13(11-5-4-7-15-9-11)12-6-8-16-10(12)2/h6,8-9,13-14H,3-5,7H2,1-2H3. The van der Waals surface area contributed by atoms with Gasteiger partial charge in [0, 0.05) is 5.56 Å². The van der Waals surface area contributed by atoms with Crippen LogP contribution in [0.3, 0.4) is 0 Å². The molecule has 1 atom stereocenters. The molecule has 2 heterocycles. The molecule has 1 aromatic heterocycles. The van der Waals surface area contributed by atoms with Crippen LogP contribution in [-0.2, 0) is 4.74 Å². The third-order valence-corrected chi connectivity index (χ3v) is 2.95. The average molecular weight is 221 g/mol. The second kappa shape index (κ2) is 5.21. The lowest BCUT2D eigenvalue weighted by Crippen LogP contribution is -2.24. The van der Waals surface area contributed by atoms with Gasteiger partial charge in [-0.05, 0) is 37.9 Å². The maximum atomic E-state index is 5.41. The number of likely N-dealkylation sites (N-methyl/N-ethyl adjacent to an activating group) is 1. The lowest BCUT2D eigenvalue weighted by Gasteiger charge is -2.23. The molecule has 1 N–H and O–H groups in total. The third kappa shape index (κ3) is 2.30. The number of aryl methyl sites for hydroxylation is 1. The van der Waals surface area contributed by atoms with E-state index in [2.05, 4.69) is 12.2 Å². The van der Waals surface area contributed by atoms with Crippen LogP contribution < -0.4 is 5.32 Å². The molecule has 0 amide bonds. The van der Waals surface area contributed by atoms with E-state index in [-0.39, 0.29) is 6.04 Å². The summed E-state index contributed by atoms with van der Waals surface area (Å²) >= 11 is 0. The number of hydrogen-bond donors (Lipinski definition) is 1. The number of rotatable bonds is 4.